The molecular weight excluding hydrogens is 228 g/mol. The Labute approximate surface area is 112 Å². The number of rotatable bonds is 7. The highest BCUT2D eigenvalue weighted by Gasteiger charge is 2.26. The van der Waals surface area contributed by atoms with Gasteiger partial charge in [0.1, 0.15) is 0 Å². The van der Waals surface area contributed by atoms with Crippen molar-refractivity contribution >= 4 is 11.8 Å². The minimum atomic E-state index is 0.703. The topological polar surface area (TPSA) is 15.3 Å². The molecule has 1 saturated carbocycles. The zero-order valence-electron chi connectivity index (χ0n) is 12.0. The zero-order valence-corrected chi connectivity index (χ0v) is 12.9. The number of hydrogen-bond acceptors (Lipinski definition) is 3. The van der Waals surface area contributed by atoms with E-state index in [2.05, 4.69) is 37.4 Å². The molecule has 1 rings (SSSR count). The van der Waals surface area contributed by atoms with Gasteiger partial charge in [-0.15, -0.1) is 0 Å². The number of hydrogen-bond donors (Lipinski definition) is 1. The van der Waals surface area contributed by atoms with Crippen molar-refractivity contribution in [3.05, 3.63) is 0 Å². The molecule has 0 bridgehead atoms. The first-order chi connectivity index (χ1) is 8.19. The lowest BCUT2D eigenvalue weighted by atomic mass is 9.84. The quantitative estimate of drug-likeness (QED) is 0.756. The highest BCUT2D eigenvalue weighted by molar-refractivity contribution is 7.98. The number of thioether (sulfide) groups is 1. The second-order valence-corrected chi connectivity index (χ2v) is 6.36. The molecule has 1 aliphatic carbocycles. The van der Waals surface area contributed by atoms with Crippen LogP contribution < -0.4 is 5.32 Å². The van der Waals surface area contributed by atoms with Gasteiger partial charge < -0.3 is 10.2 Å². The summed E-state index contributed by atoms with van der Waals surface area (Å²) in [6.07, 6.45) is 7.83. The fourth-order valence-electron chi connectivity index (χ4n) is 2.88. The summed E-state index contributed by atoms with van der Waals surface area (Å²) < 4.78 is 0. The minimum absolute atomic E-state index is 0.703. The van der Waals surface area contributed by atoms with Crippen LogP contribution in [0.25, 0.3) is 0 Å². The molecule has 0 radical (unpaired) electrons. The van der Waals surface area contributed by atoms with E-state index in [0.717, 1.165) is 18.5 Å². The van der Waals surface area contributed by atoms with Gasteiger partial charge in [-0.05, 0) is 45.5 Å². The molecule has 1 fully saturated rings. The Balaban J connectivity index is 2.40. The van der Waals surface area contributed by atoms with Gasteiger partial charge >= 0.3 is 0 Å². The van der Waals surface area contributed by atoms with E-state index in [1.54, 1.807) is 0 Å². The molecule has 0 heterocycles. The molecule has 3 atom stereocenters. The van der Waals surface area contributed by atoms with Crippen molar-refractivity contribution in [2.24, 2.45) is 5.92 Å². The van der Waals surface area contributed by atoms with Gasteiger partial charge in [-0.1, -0.05) is 19.8 Å². The van der Waals surface area contributed by atoms with Crippen molar-refractivity contribution in [2.45, 2.75) is 51.6 Å². The smallest absolute Gasteiger partial charge is 0.0155 e. The van der Waals surface area contributed by atoms with Crippen LogP contribution in [0.5, 0.6) is 0 Å². The lowest BCUT2D eigenvalue weighted by Crippen LogP contribution is -2.45. The summed E-state index contributed by atoms with van der Waals surface area (Å²) in [4.78, 5) is 2.55. The highest BCUT2D eigenvalue weighted by atomic mass is 32.2. The molecule has 2 nitrogen and oxygen atoms in total. The Morgan fingerprint density at radius 2 is 2.06 bits per heavy atom. The van der Waals surface area contributed by atoms with Crippen LogP contribution in [0, 0.1) is 5.92 Å². The summed E-state index contributed by atoms with van der Waals surface area (Å²) in [5.74, 6) is 2.10. The third-order valence-corrected chi connectivity index (χ3v) is 4.87. The third-order valence-electron chi connectivity index (χ3n) is 4.06. The van der Waals surface area contributed by atoms with E-state index in [0.29, 0.717) is 6.04 Å². The molecule has 3 heteroatoms. The molecule has 1 N–H and O–H groups in total. The van der Waals surface area contributed by atoms with Gasteiger partial charge in [0.2, 0.25) is 0 Å². The van der Waals surface area contributed by atoms with Gasteiger partial charge in [0.25, 0.3) is 0 Å². The summed E-state index contributed by atoms with van der Waals surface area (Å²) >= 11 is 1.95. The number of nitrogens with one attached hydrogen (secondary N) is 1. The first-order valence-electron chi connectivity index (χ1n) is 7.11. The molecular formula is C14H30N2S. The Hall–Kier alpha value is 0.270. The predicted molar refractivity (Wildman–Crippen MR) is 79.9 cm³/mol. The molecule has 0 aromatic rings. The van der Waals surface area contributed by atoms with Gasteiger partial charge in [-0.3, -0.25) is 0 Å². The van der Waals surface area contributed by atoms with Gasteiger partial charge in [-0.2, -0.15) is 11.8 Å². The molecule has 1 aliphatic rings. The second-order valence-electron chi connectivity index (χ2n) is 5.45. The van der Waals surface area contributed by atoms with Gasteiger partial charge in [-0.25, -0.2) is 0 Å². The Morgan fingerprint density at radius 3 is 2.71 bits per heavy atom. The van der Waals surface area contributed by atoms with E-state index in [-0.39, 0.29) is 0 Å². The van der Waals surface area contributed by atoms with Crippen LogP contribution in [0.2, 0.25) is 0 Å². The molecule has 3 unspecified atom stereocenters. The van der Waals surface area contributed by atoms with E-state index in [9.17, 15) is 0 Å². The van der Waals surface area contributed by atoms with E-state index in [1.165, 1.54) is 38.0 Å². The summed E-state index contributed by atoms with van der Waals surface area (Å²) in [5, 5.41) is 3.68. The molecule has 0 aromatic carbocycles. The van der Waals surface area contributed by atoms with Crippen LogP contribution >= 0.6 is 11.8 Å². The van der Waals surface area contributed by atoms with Gasteiger partial charge in [0.05, 0.1) is 0 Å². The minimum Gasteiger partial charge on any atom is -0.314 e. The molecule has 0 spiro atoms. The molecule has 0 amide bonds. The van der Waals surface area contributed by atoms with E-state index < -0.39 is 0 Å². The van der Waals surface area contributed by atoms with Crippen molar-refractivity contribution < 1.29 is 0 Å². The molecule has 0 saturated heterocycles. The largest absolute Gasteiger partial charge is 0.314 e. The number of nitrogens with zero attached hydrogens (tertiary/aromatic N) is 1. The van der Waals surface area contributed by atoms with Crippen molar-refractivity contribution in [1.29, 1.82) is 0 Å². The van der Waals surface area contributed by atoms with Crippen LogP contribution in [0.3, 0.4) is 0 Å². The molecule has 17 heavy (non-hydrogen) atoms. The second kappa shape index (κ2) is 8.39. The average Bonchev–Trinajstić information content (AvgIpc) is 2.32. The summed E-state index contributed by atoms with van der Waals surface area (Å²) in [6, 6.07) is 1.46. The fraction of sp³-hybridized carbons (Fsp3) is 1.00. The predicted octanol–water partition coefficient (Wildman–Crippen LogP) is 2.84. The van der Waals surface area contributed by atoms with E-state index in [1.807, 2.05) is 11.8 Å². The standard InChI is InChI=1S/C14H30N2S/c1-5-15-14-9-7-6-8-13(14)10-16(3)12(2)11-17-4/h12-15H,5-11H2,1-4H3. The maximum Gasteiger partial charge on any atom is 0.0155 e. The fourth-order valence-corrected chi connectivity index (χ4v) is 3.61. The van der Waals surface area contributed by atoms with Gasteiger partial charge in [0, 0.05) is 24.4 Å². The van der Waals surface area contributed by atoms with E-state index >= 15 is 0 Å². The SMILES string of the molecule is CCNC1CCCCC1CN(C)C(C)CSC. The summed E-state index contributed by atoms with van der Waals surface area (Å²) in [6.45, 7) is 6.96. The Kier molecular flexibility index (Phi) is 7.56. The first-order valence-corrected chi connectivity index (χ1v) is 8.51. The maximum absolute atomic E-state index is 3.68. The van der Waals surface area contributed by atoms with Crippen molar-refractivity contribution in [1.82, 2.24) is 10.2 Å². The Bertz CT molecular complexity index is 197. The van der Waals surface area contributed by atoms with Crippen molar-refractivity contribution in [3.63, 3.8) is 0 Å². The van der Waals surface area contributed by atoms with Crippen LogP contribution in [0.4, 0.5) is 0 Å². The van der Waals surface area contributed by atoms with Crippen molar-refractivity contribution in [3.8, 4) is 0 Å². The average molecular weight is 258 g/mol. The highest BCUT2D eigenvalue weighted by Crippen LogP contribution is 2.25. The maximum atomic E-state index is 3.68. The normalized spacial score (nSPS) is 27.4. The monoisotopic (exact) mass is 258 g/mol. The molecule has 0 aromatic heterocycles. The Morgan fingerprint density at radius 1 is 1.35 bits per heavy atom. The first kappa shape index (κ1) is 15.3. The zero-order chi connectivity index (χ0) is 12.7. The van der Waals surface area contributed by atoms with E-state index in [4.69, 9.17) is 0 Å². The summed E-state index contributed by atoms with van der Waals surface area (Å²) in [5.41, 5.74) is 0. The van der Waals surface area contributed by atoms with Gasteiger partial charge in [0.15, 0.2) is 0 Å². The third kappa shape index (κ3) is 5.19. The van der Waals surface area contributed by atoms with Crippen LogP contribution in [-0.4, -0.2) is 49.1 Å². The summed E-state index contributed by atoms with van der Waals surface area (Å²) in [7, 11) is 2.29. The van der Waals surface area contributed by atoms with Crippen LogP contribution in [0.15, 0.2) is 0 Å². The lowest BCUT2D eigenvalue weighted by Gasteiger charge is -2.36. The van der Waals surface area contributed by atoms with Crippen LogP contribution in [-0.2, 0) is 0 Å². The van der Waals surface area contributed by atoms with Crippen LogP contribution in [0.1, 0.15) is 39.5 Å². The molecule has 0 aliphatic heterocycles. The lowest BCUT2D eigenvalue weighted by molar-refractivity contribution is 0.169. The molecule has 102 valence electrons. The van der Waals surface area contributed by atoms with Crippen molar-refractivity contribution in [2.75, 3.05) is 32.1 Å².